The van der Waals surface area contributed by atoms with Crippen LogP contribution >= 0.6 is 0 Å². The number of aryl methyl sites for hydroxylation is 1. The highest BCUT2D eigenvalue weighted by atomic mass is 16.5. The van der Waals surface area contributed by atoms with Crippen molar-refractivity contribution in [2.75, 3.05) is 14.2 Å². The zero-order valence-electron chi connectivity index (χ0n) is 19.2. The Morgan fingerprint density at radius 1 is 0.939 bits per heavy atom. The van der Waals surface area contributed by atoms with Crippen LogP contribution in [0.5, 0.6) is 11.5 Å². The van der Waals surface area contributed by atoms with Gasteiger partial charge in [-0.05, 0) is 55.7 Å². The lowest BCUT2D eigenvalue weighted by Crippen LogP contribution is -2.33. The van der Waals surface area contributed by atoms with E-state index in [1.807, 2.05) is 73.7 Å². The Bertz CT molecular complexity index is 1250. The third-order valence-corrected chi connectivity index (χ3v) is 5.73. The summed E-state index contributed by atoms with van der Waals surface area (Å²) in [6.07, 6.45) is 1.76. The molecule has 0 aliphatic carbocycles. The van der Waals surface area contributed by atoms with Crippen LogP contribution in [0, 0.1) is 0 Å². The molecular formula is C28H28N2O3. The molecule has 0 fully saturated rings. The van der Waals surface area contributed by atoms with Crippen molar-refractivity contribution in [2.45, 2.75) is 25.8 Å². The van der Waals surface area contributed by atoms with E-state index in [2.05, 4.69) is 17.4 Å². The van der Waals surface area contributed by atoms with Gasteiger partial charge >= 0.3 is 0 Å². The van der Waals surface area contributed by atoms with Crippen molar-refractivity contribution in [3.63, 3.8) is 0 Å². The molecule has 5 heteroatoms. The number of aromatic nitrogens is 1. The van der Waals surface area contributed by atoms with Crippen LogP contribution in [0.1, 0.15) is 29.3 Å². The molecular weight excluding hydrogens is 412 g/mol. The second-order valence-corrected chi connectivity index (χ2v) is 8.04. The van der Waals surface area contributed by atoms with E-state index >= 15 is 0 Å². The molecule has 0 aliphatic heterocycles. The fourth-order valence-electron chi connectivity index (χ4n) is 3.92. The number of hydrogen-bond acceptors (Lipinski definition) is 4. The highest BCUT2D eigenvalue weighted by Crippen LogP contribution is 2.34. The van der Waals surface area contributed by atoms with Gasteiger partial charge in [-0.3, -0.25) is 4.79 Å². The molecule has 1 N–H and O–H groups in total. The molecule has 168 valence electrons. The van der Waals surface area contributed by atoms with Gasteiger partial charge in [-0.2, -0.15) is 0 Å². The van der Waals surface area contributed by atoms with E-state index < -0.39 is 0 Å². The van der Waals surface area contributed by atoms with Crippen LogP contribution in [0.25, 0.3) is 22.2 Å². The summed E-state index contributed by atoms with van der Waals surface area (Å²) in [6.45, 7) is 2.04. The SMILES string of the molecule is COc1ccc(OC)c(-c2cc(C(=O)N[C@H](C)CCc3ccccc3)c3ccccc3n2)c1. The number of hydrogen-bond donors (Lipinski definition) is 1. The minimum atomic E-state index is -0.114. The van der Waals surface area contributed by atoms with Crippen molar-refractivity contribution in [2.24, 2.45) is 0 Å². The molecule has 1 aromatic heterocycles. The lowest BCUT2D eigenvalue weighted by atomic mass is 10.0. The number of para-hydroxylation sites is 1. The van der Waals surface area contributed by atoms with Crippen molar-refractivity contribution in [3.05, 3.63) is 90.0 Å². The van der Waals surface area contributed by atoms with Gasteiger partial charge in [0.15, 0.2) is 0 Å². The number of carbonyl (C=O) groups excluding carboxylic acids is 1. The van der Waals surface area contributed by atoms with E-state index in [0.717, 1.165) is 29.3 Å². The average Bonchev–Trinajstić information content (AvgIpc) is 2.87. The zero-order chi connectivity index (χ0) is 23.2. The van der Waals surface area contributed by atoms with Crippen LogP contribution in [-0.4, -0.2) is 31.2 Å². The largest absolute Gasteiger partial charge is 0.497 e. The fourth-order valence-corrected chi connectivity index (χ4v) is 3.92. The topological polar surface area (TPSA) is 60.5 Å². The van der Waals surface area contributed by atoms with E-state index in [0.29, 0.717) is 22.8 Å². The predicted molar refractivity (Wildman–Crippen MR) is 132 cm³/mol. The van der Waals surface area contributed by atoms with Gasteiger partial charge in [0, 0.05) is 17.0 Å². The lowest BCUT2D eigenvalue weighted by Gasteiger charge is -2.16. The van der Waals surface area contributed by atoms with Crippen LogP contribution in [0.2, 0.25) is 0 Å². The van der Waals surface area contributed by atoms with Crippen LogP contribution in [0.15, 0.2) is 78.9 Å². The first kappa shape index (κ1) is 22.3. The Morgan fingerprint density at radius 2 is 1.70 bits per heavy atom. The van der Waals surface area contributed by atoms with Gasteiger partial charge in [0.1, 0.15) is 11.5 Å². The van der Waals surface area contributed by atoms with Crippen LogP contribution in [0.3, 0.4) is 0 Å². The Hall–Kier alpha value is -3.86. The van der Waals surface area contributed by atoms with Crippen molar-refractivity contribution in [3.8, 4) is 22.8 Å². The third-order valence-electron chi connectivity index (χ3n) is 5.73. The molecule has 0 spiro atoms. The van der Waals surface area contributed by atoms with Gasteiger partial charge in [-0.1, -0.05) is 48.5 Å². The molecule has 33 heavy (non-hydrogen) atoms. The first-order chi connectivity index (χ1) is 16.1. The minimum absolute atomic E-state index is 0.0273. The summed E-state index contributed by atoms with van der Waals surface area (Å²) in [5.74, 6) is 1.25. The van der Waals surface area contributed by atoms with Crippen molar-refractivity contribution >= 4 is 16.8 Å². The van der Waals surface area contributed by atoms with Crippen LogP contribution in [-0.2, 0) is 6.42 Å². The first-order valence-electron chi connectivity index (χ1n) is 11.1. The number of benzene rings is 3. The Labute approximate surface area is 194 Å². The molecule has 0 saturated heterocycles. The maximum atomic E-state index is 13.3. The number of rotatable bonds is 8. The lowest BCUT2D eigenvalue weighted by molar-refractivity contribution is 0.0940. The number of fused-ring (bicyclic) bond motifs is 1. The van der Waals surface area contributed by atoms with Gasteiger partial charge in [0.25, 0.3) is 5.91 Å². The smallest absolute Gasteiger partial charge is 0.252 e. The normalized spacial score (nSPS) is 11.7. The van der Waals surface area contributed by atoms with E-state index in [9.17, 15) is 4.79 Å². The number of amides is 1. The molecule has 0 saturated carbocycles. The van der Waals surface area contributed by atoms with Gasteiger partial charge in [0.2, 0.25) is 0 Å². The maximum Gasteiger partial charge on any atom is 0.252 e. The van der Waals surface area contributed by atoms with E-state index in [-0.39, 0.29) is 11.9 Å². The summed E-state index contributed by atoms with van der Waals surface area (Å²) in [5, 5.41) is 3.98. The van der Waals surface area contributed by atoms with Crippen molar-refractivity contribution in [1.82, 2.24) is 10.3 Å². The number of nitrogens with one attached hydrogen (secondary N) is 1. The summed E-state index contributed by atoms with van der Waals surface area (Å²) < 4.78 is 10.9. The second kappa shape index (κ2) is 10.2. The molecule has 1 atom stereocenters. The second-order valence-electron chi connectivity index (χ2n) is 8.04. The van der Waals surface area contributed by atoms with Crippen LogP contribution in [0.4, 0.5) is 0 Å². The molecule has 0 bridgehead atoms. The number of methoxy groups -OCH3 is 2. The van der Waals surface area contributed by atoms with E-state index in [1.54, 1.807) is 14.2 Å². The summed E-state index contributed by atoms with van der Waals surface area (Å²) in [4.78, 5) is 18.2. The van der Waals surface area contributed by atoms with Gasteiger partial charge in [0.05, 0.1) is 31.0 Å². The highest BCUT2D eigenvalue weighted by molar-refractivity contribution is 6.07. The molecule has 4 aromatic rings. The molecule has 1 amide bonds. The molecule has 0 radical (unpaired) electrons. The number of pyridine rings is 1. The molecule has 5 nitrogen and oxygen atoms in total. The molecule has 0 unspecified atom stereocenters. The summed E-state index contributed by atoms with van der Waals surface area (Å²) in [7, 11) is 3.24. The van der Waals surface area contributed by atoms with Crippen molar-refractivity contribution in [1.29, 1.82) is 0 Å². The first-order valence-corrected chi connectivity index (χ1v) is 11.1. The minimum Gasteiger partial charge on any atom is -0.497 e. The highest BCUT2D eigenvalue weighted by Gasteiger charge is 2.18. The Morgan fingerprint density at radius 3 is 2.45 bits per heavy atom. The third kappa shape index (κ3) is 5.14. The van der Waals surface area contributed by atoms with E-state index in [4.69, 9.17) is 14.5 Å². The van der Waals surface area contributed by atoms with E-state index in [1.165, 1.54) is 5.56 Å². The summed E-state index contributed by atoms with van der Waals surface area (Å²) in [5.41, 5.74) is 4.04. The summed E-state index contributed by atoms with van der Waals surface area (Å²) >= 11 is 0. The molecule has 3 aromatic carbocycles. The maximum absolute atomic E-state index is 13.3. The quantitative estimate of drug-likeness (QED) is 0.383. The van der Waals surface area contributed by atoms with Crippen molar-refractivity contribution < 1.29 is 14.3 Å². The van der Waals surface area contributed by atoms with Gasteiger partial charge in [-0.25, -0.2) is 4.98 Å². The summed E-state index contributed by atoms with van der Waals surface area (Å²) in [6, 6.07) is 25.4. The predicted octanol–water partition coefficient (Wildman–Crippen LogP) is 5.67. The molecule has 0 aliphatic rings. The zero-order valence-corrected chi connectivity index (χ0v) is 19.2. The number of ether oxygens (including phenoxy) is 2. The average molecular weight is 441 g/mol. The van der Waals surface area contributed by atoms with Gasteiger partial charge in [-0.15, -0.1) is 0 Å². The number of nitrogens with zero attached hydrogens (tertiary/aromatic N) is 1. The Balaban J connectivity index is 1.65. The number of carbonyl (C=O) groups is 1. The fraction of sp³-hybridized carbons (Fsp3) is 0.214. The Kier molecular flexibility index (Phi) is 6.89. The standard InChI is InChI=1S/C28H28N2O3/c1-19(13-14-20-9-5-4-6-10-20)29-28(31)23-18-26(30-25-12-8-7-11-22(23)25)24-17-21(32-2)15-16-27(24)33-3/h4-12,15-19H,13-14H2,1-3H3,(H,29,31)/t19-/m1/s1. The monoisotopic (exact) mass is 440 g/mol. The van der Waals surface area contributed by atoms with Gasteiger partial charge < -0.3 is 14.8 Å². The van der Waals surface area contributed by atoms with Crippen LogP contribution < -0.4 is 14.8 Å². The molecule has 1 heterocycles. The molecule has 4 rings (SSSR count).